The lowest BCUT2D eigenvalue weighted by atomic mass is 10.1. The Bertz CT molecular complexity index is 748. The predicted octanol–water partition coefficient (Wildman–Crippen LogP) is 4.50. The van der Waals surface area contributed by atoms with Gasteiger partial charge in [0, 0.05) is 11.6 Å². The zero-order valence-electron chi connectivity index (χ0n) is 13.5. The van der Waals surface area contributed by atoms with Gasteiger partial charge < -0.3 is 9.15 Å². The number of carbonyl (C=O) groups excluding carboxylic acids is 1. The molecule has 23 heavy (non-hydrogen) atoms. The standard InChI is InChI=1S/C19H19NO3/c1-4-14(3)22-19(21)16(12-20)11-17-9-10-18(23-17)15-7-5-13(2)6-8-15/h5-11,14H,4H2,1-3H3/b16-11+/t14-/m0/s1. The molecule has 1 heterocycles. The molecule has 0 spiro atoms. The Morgan fingerprint density at radius 1 is 1.30 bits per heavy atom. The molecule has 0 aliphatic heterocycles. The van der Waals surface area contributed by atoms with Crippen LogP contribution in [0, 0.1) is 18.3 Å². The van der Waals surface area contributed by atoms with Gasteiger partial charge in [-0.25, -0.2) is 4.79 Å². The molecule has 0 amide bonds. The Morgan fingerprint density at radius 3 is 2.61 bits per heavy atom. The zero-order chi connectivity index (χ0) is 16.8. The average molecular weight is 309 g/mol. The molecule has 1 atom stereocenters. The van der Waals surface area contributed by atoms with Crippen molar-refractivity contribution in [1.29, 1.82) is 5.26 Å². The minimum absolute atomic E-state index is 0.0740. The first-order chi connectivity index (χ1) is 11.0. The fourth-order valence-electron chi connectivity index (χ4n) is 1.91. The van der Waals surface area contributed by atoms with Crippen molar-refractivity contribution in [1.82, 2.24) is 0 Å². The fourth-order valence-corrected chi connectivity index (χ4v) is 1.91. The van der Waals surface area contributed by atoms with Gasteiger partial charge >= 0.3 is 5.97 Å². The third kappa shape index (κ3) is 4.33. The van der Waals surface area contributed by atoms with Gasteiger partial charge in [0.25, 0.3) is 0 Å². The van der Waals surface area contributed by atoms with Gasteiger partial charge in [-0.15, -0.1) is 0 Å². The second kappa shape index (κ2) is 7.46. The van der Waals surface area contributed by atoms with Crippen molar-refractivity contribution < 1.29 is 13.9 Å². The van der Waals surface area contributed by atoms with Gasteiger partial charge in [-0.05, 0) is 32.4 Å². The normalized spacial score (nSPS) is 12.5. The van der Waals surface area contributed by atoms with Gasteiger partial charge in [0.1, 0.15) is 23.2 Å². The first-order valence-electron chi connectivity index (χ1n) is 7.53. The van der Waals surface area contributed by atoms with Gasteiger partial charge in [-0.3, -0.25) is 0 Å². The molecule has 0 aliphatic carbocycles. The molecule has 0 bridgehead atoms. The molecule has 0 unspecified atom stereocenters. The second-order valence-corrected chi connectivity index (χ2v) is 5.36. The highest BCUT2D eigenvalue weighted by Crippen LogP contribution is 2.24. The summed E-state index contributed by atoms with van der Waals surface area (Å²) in [6, 6.07) is 13.3. The number of nitrogens with zero attached hydrogens (tertiary/aromatic N) is 1. The summed E-state index contributed by atoms with van der Waals surface area (Å²) in [5, 5.41) is 9.14. The van der Waals surface area contributed by atoms with Crippen LogP contribution in [0.3, 0.4) is 0 Å². The number of hydrogen-bond acceptors (Lipinski definition) is 4. The highest BCUT2D eigenvalue weighted by molar-refractivity contribution is 5.97. The first kappa shape index (κ1) is 16.6. The molecule has 1 aromatic carbocycles. The minimum atomic E-state index is -0.630. The van der Waals surface area contributed by atoms with E-state index in [2.05, 4.69) is 0 Å². The van der Waals surface area contributed by atoms with Crippen LogP contribution in [0.15, 0.2) is 46.4 Å². The molecule has 0 saturated carbocycles. The topological polar surface area (TPSA) is 63.2 Å². The van der Waals surface area contributed by atoms with Crippen molar-refractivity contribution in [3.8, 4) is 17.4 Å². The van der Waals surface area contributed by atoms with E-state index in [4.69, 9.17) is 14.4 Å². The van der Waals surface area contributed by atoms with Gasteiger partial charge in [0.15, 0.2) is 0 Å². The minimum Gasteiger partial charge on any atom is -0.459 e. The Balaban J connectivity index is 2.20. The van der Waals surface area contributed by atoms with Crippen LogP contribution >= 0.6 is 0 Å². The molecule has 118 valence electrons. The van der Waals surface area contributed by atoms with Crippen molar-refractivity contribution >= 4 is 12.0 Å². The molecule has 2 aromatic rings. The van der Waals surface area contributed by atoms with Crippen LogP contribution in [-0.4, -0.2) is 12.1 Å². The molecule has 1 aromatic heterocycles. The Morgan fingerprint density at radius 2 is 2.00 bits per heavy atom. The molecule has 0 N–H and O–H groups in total. The lowest BCUT2D eigenvalue weighted by Crippen LogP contribution is -2.15. The molecule has 4 nitrogen and oxygen atoms in total. The van der Waals surface area contributed by atoms with Gasteiger partial charge in [0.2, 0.25) is 0 Å². The van der Waals surface area contributed by atoms with Crippen molar-refractivity contribution in [3.63, 3.8) is 0 Å². The molecule has 2 rings (SSSR count). The Labute approximate surface area is 136 Å². The van der Waals surface area contributed by atoms with E-state index in [1.807, 2.05) is 50.2 Å². The summed E-state index contributed by atoms with van der Waals surface area (Å²) < 4.78 is 10.8. The number of furan rings is 1. The number of nitriles is 1. The maximum atomic E-state index is 11.9. The maximum Gasteiger partial charge on any atom is 0.349 e. The first-order valence-corrected chi connectivity index (χ1v) is 7.53. The van der Waals surface area contributed by atoms with Crippen LogP contribution in [0.25, 0.3) is 17.4 Å². The predicted molar refractivity (Wildman–Crippen MR) is 88.3 cm³/mol. The lowest BCUT2D eigenvalue weighted by molar-refractivity contribution is -0.142. The summed E-state index contributed by atoms with van der Waals surface area (Å²) in [6.07, 6.45) is 1.88. The van der Waals surface area contributed by atoms with E-state index in [-0.39, 0.29) is 11.7 Å². The van der Waals surface area contributed by atoms with Gasteiger partial charge in [0.05, 0.1) is 6.10 Å². The van der Waals surface area contributed by atoms with Gasteiger partial charge in [-0.2, -0.15) is 5.26 Å². The smallest absolute Gasteiger partial charge is 0.349 e. The number of benzene rings is 1. The number of carbonyl (C=O) groups is 1. The van der Waals surface area contributed by atoms with E-state index in [0.29, 0.717) is 17.9 Å². The number of rotatable bonds is 5. The van der Waals surface area contributed by atoms with Crippen LogP contribution < -0.4 is 0 Å². The van der Waals surface area contributed by atoms with Crippen LogP contribution in [0.2, 0.25) is 0 Å². The third-order valence-electron chi connectivity index (χ3n) is 3.47. The Hall–Kier alpha value is -2.80. The molecule has 4 heteroatoms. The monoisotopic (exact) mass is 309 g/mol. The fraction of sp³-hybridized carbons (Fsp3) is 0.263. The van der Waals surface area contributed by atoms with E-state index in [1.165, 1.54) is 11.6 Å². The van der Waals surface area contributed by atoms with E-state index in [0.717, 1.165) is 5.56 Å². The summed E-state index contributed by atoms with van der Waals surface area (Å²) >= 11 is 0. The van der Waals surface area contributed by atoms with Crippen molar-refractivity contribution in [2.45, 2.75) is 33.3 Å². The van der Waals surface area contributed by atoms with Crippen LogP contribution in [0.5, 0.6) is 0 Å². The van der Waals surface area contributed by atoms with Crippen molar-refractivity contribution in [2.24, 2.45) is 0 Å². The quantitative estimate of drug-likeness (QED) is 0.463. The molecule has 0 fully saturated rings. The second-order valence-electron chi connectivity index (χ2n) is 5.36. The molecule has 0 radical (unpaired) electrons. The highest BCUT2D eigenvalue weighted by atomic mass is 16.5. The third-order valence-corrected chi connectivity index (χ3v) is 3.47. The summed E-state index contributed by atoms with van der Waals surface area (Å²) in [5.41, 5.74) is 2.03. The maximum absolute atomic E-state index is 11.9. The van der Waals surface area contributed by atoms with E-state index >= 15 is 0 Å². The summed E-state index contributed by atoms with van der Waals surface area (Å²) in [4.78, 5) is 11.9. The van der Waals surface area contributed by atoms with E-state index < -0.39 is 5.97 Å². The molecular weight excluding hydrogens is 290 g/mol. The van der Waals surface area contributed by atoms with Crippen molar-refractivity contribution in [2.75, 3.05) is 0 Å². The summed E-state index contributed by atoms with van der Waals surface area (Å²) in [7, 11) is 0. The molecular formula is C19H19NO3. The Kier molecular flexibility index (Phi) is 5.37. The number of esters is 1. The van der Waals surface area contributed by atoms with Crippen LogP contribution in [-0.2, 0) is 9.53 Å². The molecule has 0 aliphatic rings. The SMILES string of the molecule is CC[C@H](C)OC(=O)/C(C#N)=C/c1ccc(-c2ccc(C)cc2)o1. The van der Waals surface area contributed by atoms with Crippen LogP contribution in [0.1, 0.15) is 31.6 Å². The lowest BCUT2D eigenvalue weighted by Gasteiger charge is -2.09. The number of ether oxygens (including phenoxy) is 1. The van der Waals surface area contributed by atoms with Crippen molar-refractivity contribution in [3.05, 3.63) is 53.3 Å². The number of hydrogen-bond donors (Lipinski definition) is 0. The summed E-state index contributed by atoms with van der Waals surface area (Å²) in [6.45, 7) is 5.71. The van der Waals surface area contributed by atoms with E-state index in [1.54, 1.807) is 13.0 Å². The van der Waals surface area contributed by atoms with Crippen LogP contribution in [0.4, 0.5) is 0 Å². The average Bonchev–Trinajstić information content (AvgIpc) is 3.01. The van der Waals surface area contributed by atoms with Gasteiger partial charge in [-0.1, -0.05) is 36.8 Å². The summed E-state index contributed by atoms with van der Waals surface area (Å²) in [5.74, 6) is 0.497. The van der Waals surface area contributed by atoms with E-state index in [9.17, 15) is 4.79 Å². The zero-order valence-corrected chi connectivity index (χ0v) is 13.5. The largest absolute Gasteiger partial charge is 0.459 e. The number of aryl methyl sites for hydroxylation is 1. The highest BCUT2D eigenvalue weighted by Gasteiger charge is 2.15. The molecule has 0 saturated heterocycles.